The maximum atomic E-state index is 8.09. The summed E-state index contributed by atoms with van der Waals surface area (Å²) >= 11 is 1.60. The number of aromatic nitrogens is 1. The molecule has 0 spiro atoms. The molecule has 5 heteroatoms. The Hall–Kier alpha value is -0.490. The zero-order valence-electron chi connectivity index (χ0n) is 6.72. The van der Waals surface area contributed by atoms with Crippen molar-refractivity contribution in [1.29, 1.82) is 0 Å². The lowest BCUT2D eigenvalue weighted by Gasteiger charge is -1.94. The molecule has 0 saturated heterocycles. The summed E-state index contributed by atoms with van der Waals surface area (Å²) in [6.45, 7) is 0.696. The van der Waals surface area contributed by atoms with Gasteiger partial charge in [-0.25, -0.2) is 0 Å². The monoisotopic (exact) mass is 191 g/mol. The molecular formula is C7H13NO3S. The molecule has 0 radical (unpaired) electrons. The summed E-state index contributed by atoms with van der Waals surface area (Å²) in [7, 11) is 0. The van der Waals surface area contributed by atoms with Crippen molar-refractivity contribution in [2.75, 3.05) is 26.4 Å². The van der Waals surface area contributed by atoms with Crippen LogP contribution in [0.2, 0.25) is 0 Å². The minimum absolute atomic E-state index is 0.0278. The number of nitrogens with zero attached hydrogens (tertiary/aromatic N) is 1. The average molecular weight is 191 g/mol. The SMILES string of the molecule is OCCOCCO.c1cscn1. The smallest absolute Gasteiger partial charge is 0.0791 e. The third-order valence-electron chi connectivity index (χ3n) is 0.818. The zero-order valence-corrected chi connectivity index (χ0v) is 7.54. The molecule has 0 aliphatic rings. The first kappa shape index (κ1) is 11.5. The van der Waals surface area contributed by atoms with Gasteiger partial charge in [0.1, 0.15) is 0 Å². The summed E-state index contributed by atoms with van der Waals surface area (Å²) < 4.78 is 4.63. The van der Waals surface area contributed by atoms with Crippen LogP contribution in [0.25, 0.3) is 0 Å². The summed E-state index contributed by atoms with van der Waals surface area (Å²) in [6, 6.07) is 0. The van der Waals surface area contributed by atoms with E-state index in [9.17, 15) is 0 Å². The van der Waals surface area contributed by atoms with Gasteiger partial charge in [-0.2, -0.15) is 0 Å². The number of rotatable bonds is 4. The van der Waals surface area contributed by atoms with Gasteiger partial charge in [0.2, 0.25) is 0 Å². The van der Waals surface area contributed by atoms with Crippen LogP contribution in [0.5, 0.6) is 0 Å². The predicted molar refractivity (Wildman–Crippen MR) is 47.1 cm³/mol. The second kappa shape index (κ2) is 10.5. The predicted octanol–water partition coefficient (Wildman–Crippen LogP) is 0.131. The minimum atomic E-state index is 0.0278. The molecule has 2 N–H and O–H groups in total. The van der Waals surface area contributed by atoms with E-state index in [0.717, 1.165) is 0 Å². The fourth-order valence-corrected chi connectivity index (χ4v) is 0.758. The first-order chi connectivity index (χ1) is 5.91. The van der Waals surface area contributed by atoms with Gasteiger partial charge in [0.05, 0.1) is 31.9 Å². The van der Waals surface area contributed by atoms with Gasteiger partial charge in [-0.3, -0.25) is 4.98 Å². The van der Waals surface area contributed by atoms with E-state index < -0.39 is 0 Å². The van der Waals surface area contributed by atoms with E-state index >= 15 is 0 Å². The highest BCUT2D eigenvalue weighted by atomic mass is 32.1. The molecule has 1 rings (SSSR count). The molecule has 0 bridgehead atoms. The van der Waals surface area contributed by atoms with Crippen molar-refractivity contribution in [2.45, 2.75) is 0 Å². The average Bonchev–Trinajstić information content (AvgIpc) is 2.62. The lowest BCUT2D eigenvalue weighted by Crippen LogP contribution is -2.03. The second-order valence-electron chi connectivity index (χ2n) is 1.74. The Balaban J connectivity index is 0.000000211. The van der Waals surface area contributed by atoms with Gasteiger partial charge < -0.3 is 14.9 Å². The van der Waals surface area contributed by atoms with E-state index in [-0.39, 0.29) is 13.2 Å². The van der Waals surface area contributed by atoms with Crippen molar-refractivity contribution < 1.29 is 14.9 Å². The third-order valence-corrected chi connectivity index (χ3v) is 1.34. The summed E-state index contributed by atoms with van der Waals surface area (Å²) in [5.74, 6) is 0. The molecule has 1 aromatic heterocycles. The molecule has 70 valence electrons. The van der Waals surface area contributed by atoms with E-state index in [1.165, 1.54) is 0 Å². The maximum Gasteiger partial charge on any atom is 0.0791 e. The fraction of sp³-hybridized carbons (Fsp3) is 0.571. The van der Waals surface area contributed by atoms with Crippen molar-refractivity contribution in [3.8, 4) is 0 Å². The van der Waals surface area contributed by atoms with Gasteiger partial charge in [-0.05, 0) is 0 Å². The Morgan fingerprint density at radius 3 is 2.17 bits per heavy atom. The minimum Gasteiger partial charge on any atom is -0.394 e. The molecule has 0 aromatic carbocycles. The molecule has 0 aliphatic heterocycles. The normalized spacial score (nSPS) is 8.83. The molecule has 0 fully saturated rings. The topological polar surface area (TPSA) is 62.6 Å². The second-order valence-corrected chi connectivity index (χ2v) is 2.49. The Kier molecular flexibility index (Phi) is 10.1. The fourth-order valence-electron chi connectivity index (χ4n) is 0.407. The van der Waals surface area contributed by atoms with Crippen LogP contribution >= 0.6 is 11.3 Å². The van der Waals surface area contributed by atoms with Crippen LogP contribution in [0.3, 0.4) is 0 Å². The standard InChI is InChI=1S/C4H10O3.C3H3NS/c5-1-3-7-4-2-6;1-2-5-3-4-1/h5-6H,1-4H2;1-3H. The molecule has 12 heavy (non-hydrogen) atoms. The van der Waals surface area contributed by atoms with Crippen molar-refractivity contribution in [3.05, 3.63) is 17.1 Å². The molecule has 0 atom stereocenters. The first-order valence-corrected chi connectivity index (χ1v) is 4.47. The van der Waals surface area contributed by atoms with Crippen LogP contribution in [-0.2, 0) is 4.74 Å². The molecule has 0 amide bonds. The molecule has 0 aliphatic carbocycles. The van der Waals surface area contributed by atoms with Gasteiger partial charge in [0, 0.05) is 11.6 Å². The van der Waals surface area contributed by atoms with E-state index in [2.05, 4.69) is 9.72 Å². The number of ether oxygens (including phenoxy) is 1. The van der Waals surface area contributed by atoms with Crippen LogP contribution < -0.4 is 0 Å². The maximum absolute atomic E-state index is 8.09. The number of hydrogen-bond donors (Lipinski definition) is 2. The quantitative estimate of drug-likeness (QED) is 0.664. The Labute approximate surface area is 75.5 Å². The lowest BCUT2D eigenvalue weighted by molar-refractivity contribution is 0.0650. The van der Waals surface area contributed by atoms with Crippen molar-refractivity contribution >= 4 is 11.3 Å². The molecule has 1 aromatic rings. The van der Waals surface area contributed by atoms with Crippen molar-refractivity contribution in [3.63, 3.8) is 0 Å². The van der Waals surface area contributed by atoms with Gasteiger partial charge in [0.25, 0.3) is 0 Å². The van der Waals surface area contributed by atoms with Gasteiger partial charge in [-0.1, -0.05) is 0 Å². The van der Waals surface area contributed by atoms with Crippen LogP contribution in [0, 0.1) is 0 Å². The summed E-state index contributed by atoms with van der Waals surface area (Å²) in [5.41, 5.74) is 1.79. The van der Waals surface area contributed by atoms with Crippen LogP contribution in [0.1, 0.15) is 0 Å². The lowest BCUT2D eigenvalue weighted by atomic mass is 10.7. The first-order valence-electron chi connectivity index (χ1n) is 3.53. The number of thiazole rings is 1. The number of aliphatic hydroxyl groups is 2. The third kappa shape index (κ3) is 9.51. The zero-order chi connectivity index (χ0) is 9.07. The molecule has 0 saturated carbocycles. The van der Waals surface area contributed by atoms with Crippen molar-refractivity contribution in [1.82, 2.24) is 4.98 Å². The van der Waals surface area contributed by atoms with Crippen LogP contribution in [-0.4, -0.2) is 41.6 Å². The Morgan fingerprint density at radius 2 is 1.92 bits per heavy atom. The highest BCUT2D eigenvalue weighted by Crippen LogP contribution is 1.85. The van der Waals surface area contributed by atoms with Crippen LogP contribution in [0.15, 0.2) is 17.1 Å². The molecule has 4 nitrogen and oxygen atoms in total. The summed E-state index contributed by atoms with van der Waals surface area (Å²) in [4.78, 5) is 3.74. The Bertz CT molecular complexity index is 125. The molecule has 1 heterocycles. The number of aliphatic hydroxyl groups excluding tert-OH is 2. The number of hydrogen-bond acceptors (Lipinski definition) is 5. The van der Waals surface area contributed by atoms with E-state index in [4.69, 9.17) is 10.2 Å². The van der Waals surface area contributed by atoms with Gasteiger partial charge in [0.15, 0.2) is 0 Å². The highest BCUT2D eigenvalue weighted by molar-refractivity contribution is 7.07. The van der Waals surface area contributed by atoms with Gasteiger partial charge >= 0.3 is 0 Å². The van der Waals surface area contributed by atoms with Crippen LogP contribution in [0.4, 0.5) is 0 Å². The van der Waals surface area contributed by atoms with Gasteiger partial charge in [-0.15, -0.1) is 11.3 Å². The molecule has 0 unspecified atom stereocenters. The largest absolute Gasteiger partial charge is 0.394 e. The highest BCUT2D eigenvalue weighted by Gasteiger charge is 1.79. The molecular weight excluding hydrogens is 178 g/mol. The summed E-state index contributed by atoms with van der Waals surface area (Å²) in [6.07, 6.45) is 1.77. The Morgan fingerprint density at radius 1 is 1.25 bits per heavy atom. The van der Waals surface area contributed by atoms with E-state index in [1.807, 2.05) is 5.38 Å². The van der Waals surface area contributed by atoms with Crippen molar-refractivity contribution in [2.24, 2.45) is 0 Å². The van der Waals surface area contributed by atoms with E-state index in [1.54, 1.807) is 23.0 Å². The van der Waals surface area contributed by atoms with E-state index in [0.29, 0.717) is 13.2 Å². The summed E-state index contributed by atoms with van der Waals surface area (Å²) in [5, 5.41) is 18.1.